The Hall–Kier alpha value is -4.10. The van der Waals surface area contributed by atoms with Gasteiger partial charge in [-0.2, -0.15) is 5.10 Å². The molecule has 0 aliphatic rings. The van der Waals surface area contributed by atoms with Gasteiger partial charge in [0.2, 0.25) is 0 Å². The number of anilines is 1. The van der Waals surface area contributed by atoms with Crippen LogP contribution in [0.5, 0.6) is 0 Å². The zero-order valence-electron chi connectivity index (χ0n) is 18.8. The number of benzene rings is 2. The first kappa shape index (κ1) is 21.7. The van der Waals surface area contributed by atoms with Gasteiger partial charge in [-0.15, -0.1) is 11.3 Å². The van der Waals surface area contributed by atoms with E-state index in [-0.39, 0.29) is 11.8 Å². The van der Waals surface area contributed by atoms with Crippen molar-refractivity contribution in [1.29, 1.82) is 0 Å². The highest BCUT2D eigenvalue weighted by atomic mass is 32.1. The first-order valence-corrected chi connectivity index (χ1v) is 11.9. The maximum absolute atomic E-state index is 13.5. The molecule has 0 fully saturated rings. The third-order valence-electron chi connectivity index (χ3n) is 5.33. The van der Waals surface area contributed by atoms with Crippen molar-refractivity contribution in [1.82, 2.24) is 19.7 Å². The van der Waals surface area contributed by atoms with E-state index in [2.05, 4.69) is 24.1 Å². The normalized spacial score (nSPS) is 11.0. The molecule has 0 atom stereocenters. The molecule has 0 bridgehead atoms. The van der Waals surface area contributed by atoms with Crippen LogP contribution < -0.4 is 5.32 Å². The number of para-hydroxylation sites is 1. The highest BCUT2D eigenvalue weighted by molar-refractivity contribution is 7.16. The van der Waals surface area contributed by atoms with E-state index in [1.54, 1.807) is 17.1 Å². The van der Waals surface area contributed by atoms with Crippen LogP contribution in [-0.4, -0.2) is 25.7 Å². The Morgan fingerprint density at radius 1 is 0.912 bits per heavy atom. The Morgan fingerprint density at radius 2 is 1.62 bits per heavy atom. The molecule has 0 saturated heterocycles. The van der Waals surface area contributed by atoms with Crippen LogP contribution in [0.15, 0.2) is 91.3 Å². The molecule has 0 unspecified atom stereocenters. The number of rotatable bonds is 6. The van der Waals surface area contributed by atoms with Gasteiger partial charge in [-0.05, 0) is 30.2 Å². The average molecular weight is 466 g/mol. The van der Waals surface area contributed by atoms with Gasteiger partial charge in [-0.1, -0.05) is 68.4 Å². The molecule has 0 saturated carbocycles. The predicted molar refractivity (Wildman–Crippen MR) is 136 cm³/mol. The van der Waals surface area contributed by atoms with Gasteiger partial charge in [0.15, 0.2) is 5.13 Å². The van der Waals surface area contributed by atoms with Gasteiger partial charge in [0.1, 0.15) is 11.4 Å². The number of carbonyl (C=O) groups is 1. The lowest BCUT2D eigenvalue weighted by Gasteiger charge is -2.03. The number of thiazole rings is 1. The maximum Gasteiger partial charge on any atom is 0.261 e. The van der Waals surface area contributed by atoms with Crippen molar-refractivity contribution >= 4 is 22.4 Å². The Morgan fingerprint density at radius 3 is 2.29 bits per heavy atom. The molecule has 5 rings (SSSR count). The molecule has 6 nitrogen and oxygen atoms in total. The Labute approximate surface area is 202 Å². The van der Waals surface area contributed by atoms with E-state index < -0.39 is 0 Å². The Kier molecular flexibility index (Phi) is 6.01. The van der Waals surface area contributed by atoms with E-state index in [4.69, 9.17) is 10.1 Å². The fourth-order valence-corrected chi connectivity index (χ4v) is 4.66. The van der Waals surface area contributed by atoms with Crippen LogP contribution in [0.2, 0.25) is 0 Å². The molecule has 7 heteroatoms. The average Bonchev–Trinajstić information content (AvgIpc) is 3.51. The lowest BCUT2D eigenvalue weighted by atomic mass is 10.1. The molecule has 0 spiro atoms. The van der Waals surface area contributed by atoms with Gasteiger partial charge in [0, 0.05) is 22.8 Å². The van der Waals surface area contributed by atoms with Crippen molar-refractivity contribution in [2.24, 2.45) is 0 Å². The maximum atomic E-state index is 13.5. The number of hydrogen-bond donors (Lipinski definition) is 1. The van der Waals surface area contributed by atoms with Crippen LogP contribution in [0.25, 0.3) is 28.3 Å². The SMILES string of the molecule is CC(C)c1sc(NC(=O)c2cn(-c3ccccc3)nc2-c2ccccc2)nc1-c1ccccn1. The molecule has 3 heterocycles. The Balaban J connectivity index is 1.52. The molecular formula is C27H23N5OS. The van der Waals surface area contributed by atoms with Crippen molar-refractivity contribution in [3.05, 3.63) is 102 Å². The minimum atomic E-state index is -0.252. The number of pyridine rings is 1. The van der Waals surface area contributed by atoms with Crippen molar-refractivity contribution < 1.29 is 4.79 Å². The number of aromatic nitrogens is 4. The number of nitrogens with zero attached hydrogens (tertiary/aromatic N) is 4. The molecule has 2 aromatic carbocycles. The molecule has 1 amide bonds. The molecule has 3 aromatic heterocycles. The quantitative estimate of drug-likeness (QED) is 0.313. The van der Waals surface area contributed by atoms with E-state index in [0.29, 0.717) is 16.4 Å². The predicted octanol–water partition coefficient (Wildman–Crippen LogP) is 6.43. The first-order valence-electron chi connectivity index (χ1n) is 11.0. The lowest BCUT2D eigenvalue weighted by Crippen LogP contribution is -2.12. The van der Waals surface area contributed by atoms with Gasteiger partial charge in [0.05, 0.1) is 16.9 Å². The summed E-state index contributed by atoms with van der Waals surface area (Å²) in [4.78, 5) is 23.7. The summed E-state index contributed by atoms with van der Waals surface area (Å²) in [6.45, 7) is 4.23. The summed E-state index contributed by atoms with van der Waals surface area (Å²) < 4.78 is 1.73. The minimum absolute atomic E-state index is 0.251. The second-order valence-electron chi connectivity index (χ2n) is 8.09. The molecule has 168 valence electrons. The summed E-state index contributed by atoms with van der Waals surface area (Å²) >= 11 is 1.48. The van der Waals surface area contributed by atoms with Crippen LogP contribution in [0, 0.1) is 0 Å². The highest BCUT2D eigenvalue weighted by Crippen LogP contribution is 2.36. The summed E-state index contributed by atoms with van der Waals surface area (Å²) in [6, 6.07) is 25.2. The van der Waals surface area contributed by atoms with Gasteiger partial charge in [-0.25, -0.2) is 9.67 Å². The summed E-state index contributed by atoms with van der Waals surface area (Å²) in [7, 11) is 0. The number of hydrogen-bond acceptors (Lipinski definition) is 5. The smallest absolute Gasteiger partial charge is 0.261 e. The Bertz CT molecular complexity index is 1410. The van der Waals surface area contributed by atoms with Crippen molar-refractivity contribution in [3.8, 4) is 28.3 Å². The van der Waals surface area contributed by atoms with Crippen molar-refractivity contribution in [2.45, 2.75) is 19.8 Å². The largest absolute Gasteiger partial charge is 0.298 e. The summed E-state index contributed by atoms with van der Waals surface area (Å²) in [6.07, 6.45) is 3.52. The summed E-state index contributed by atoms with van der Waals surface area (Å²) in [5.74, 6) is -0.00136. The van der Waals surface area contributed by atoms with Crippen molar-refractivity contribution in [3.63, 3.8) is 0 Å². The molecule has 1 N–H and O–H groups in total. The third kappa shape index (κ3) is 4.38. The summed E-state index contributed by atoms with van der Waals surface area (Å²) in [5, 5.41) is 8.29. The zero-order valence-corrected chi connectivity index (χ0v) is 19.7. The van der Waals surface area contributed by atoms with Gasteiger partial charge >= 0.3 is 0 Å². The van der Waals surface area contributed by atoms with Gasteiger partial charge in [0.25, 0.3) is 5.91 Å². The highest BCUT2D eigenvalue weighted by Gasteiger charge is 2.22. The van der Waals surface area contributed by atoms with E-state index in [1.165, 1.54) is 11.3 Å². The number of nitrogens with one attached hydrogen (secondary N) is 1. The standard InChI is InChI=1S/C27H23N5OS/c1-18(2)25-24(22-15-9-10-16-28-22)29-27(34-25)30-26(33)21-17-32(20-13-7-4-8-14-20)31-23(21)19-11-5-3-6-12-19/h3-18H,1-2H3,(H,29,30,33). The molecular weight excluding hydrogens is 442 g/mol. The van der Waals surface area contributed by atoms with Crippen LogP contribution in [0.1, 0.15) is 35.0 Å². The van der Waals surface area contributed by atoms with Crippen molar-refractivity contribution in [2.75, 3.05) is 5.32 Å². The second kappa shape index (κ2) is 9.41. The van der Waals surface area contributed by atoms with Crippen LogP contribution in [0.3, 0.4) is 0 Å². The topological polar surface area (TPSA) is 72.7 Å². The van der Waals surface area contributed by atoms with E-state index in [1.807, 2.05) is 78.9 Å². The van der Waals surface area contributed by atoms with Gasteiger partial charge in [-0.3, -0.25) is 15.1 Å². The van der Waals surface area contributed by atoms with Crippen LogP contribution >= 0.6 is 11.3 Å². The second-order valence-corrected chi connectivity index (χ2v) is 9.12. The molecule has 0 radical (unpaired) electrons. The fraction of sp³-hybridized carbons (Fsp3) is 0.111. The molecule has 34 heavy (non-hydrogen) atoms. The summed E-state index contributed by atoms with van der Waals surface area (Å²) in [5.41, 5.74) is 4.46. The monoisotopic (exact) mass is 465 g/mol. The molecule has 0 aliphatic heterocycles. The van der Waals surface area contributed by atoms with E-state index >= 15 is 0 Å². The van der Waals surface area contributed by atoms with E-state index in [9.17, 15) is 4.79 Å². The van der Waals surface area contributed by atoms with Crippen LogP contribution in [-0.2, 0) is 0 Å². The molecule has 5 aromatic rings. The number of amides is 1. The third-order valence-corrected chi connectivity index (χ3v) is 6.60. The lowest BCUT2D eigenvalue weighted by molar-refractivity contribution is 0.102. The van der Waals surface area contributed by atoms with E-state index in [0.717, 1.165) is 27.5 Å². The molecule has 0 aliphatic carbocycles. The fourth-order valence-electron chi connectivity index (χ4n) is 3.69. The number of carbonyl (C=O) groups excluding carboxylic acids is 1. The zero-order chi connectivity index (χ0) is 23.5. The first-order chi connectivity index (χ1) is 16.6. The minimum Gasteiger partial charge on any atom is -0.298 e. The van der Waals surface area contributed by atoms with Crippen LogP contribution in [0.4, 0.5) is 5.13 Å². The van der Waals surface area contributed by atoms with Gasteiger partial charge < -0.3 is 0 Å².